The van der Waals surface area contributed by atoms with Crippen molar-refractivity contribution in [2.45, 2.75) is 20.8 Å². The van der Waals surface area contributed by atoms with Crippen molar-refractivity contribution in [3.8, 4) is 11.3 Å². The Kier molecular flexibility index (Phi) is 2.46. The van der Waals surface area contributed by atoms with Crippen LogP contribution in [0, 0.1) is 20.8 Å². The maximum Gasteiger partial charge on any atom is 0.0911 e. The molecule has 0 saturated heterocycles. The third-order valence-electron chi connectivity index (χ3n) is 3.06. The molecule has 0 aliphatic carbocycles. The molecule has 0 bridgehead atoms. The van der Waals surface area contributed by atoms with Gasteiger partial charge in [0.25, 0.3) is 0 Å². The number of hydrogen-bond donors (Lipinski definition) is 1. The maximum absolute atomic E-state index is 5.95. The van der Waals surface area contributed by atoms with Gasteiger partial charge in [-0.3, -0.25) is 4.68 Å². The molecule has 0 unspecified atom stereocenters. The third-order valence-corrected chi connectivity index (χ3v) is 3.06. The van der Waals surface area contributed by atoms with Crippen LogP contribution in [0.4, 0.5) is 5.69 Å². The zero-order valence-corrected chi connectivity index (χ0v) is 10.2. The second-order valence-corrected chi connectivity index (χ2v) is 4.32. The van der Waals surface area contributed by atoms with Gasteiger partial charge in [-0.2, -0.15) is 5.10 Å². The Morgan fingerprint density at radius 1 is 1.06 bits per heavy atom. The molecule has 16 heavy (non-hydrogen) atoms. The number of benzene rings is 1. The lowest BCUT2D eigenvalue weighted by molar-refractivity contribution is 0.775. The van der Waals surface area contributed by atoms with Gasteiger partial charge in [0.15, 0.2) is 0 Å². The largest absolute Gasteiger partial charge is 0.396 e. The van der Waals surface area contributed by atoms with Crippen molar-refractivity contribution in [1.29, 1.82) is 0 Å². The number of nitrogens with zero attached hydrogens (tertiary/aromatic N) is 2. The zero-order valence-electron chi connectivity index (χ0n) is 10.2. The first-order valence-electron chi connectivity index (χ1n) is 5.36. The monoisotopic (exact) mass is 215 g/mol. The average Bonchev–Trinajstić information content (AvgIpc) is 2.53. The molecule has 1 aromatic heterocycles. The molecule has 1 heterocycles. The Balaban J connectivity index is 2.69. The van der Waals surface area contributed by atoms with E-state index in [0.29, 0.717) is 0 Å². The minimum Gasteiger partial charge on any atom is -0.396 e. The fourth-order valence-corrected chi connectivity index (χ4v) is 2.00. The highest BCUT2D eigenvalue weighted by molar-refractivity contribution is 5.75. The van der Waals surface area contributed by atoms with Crippen LogP contribution in [-0.4, -0.2) is 9.78 Å². The average molecular weight is 215 g/mol. The normalized spacial score (nSPS) is 10.8. The number of hydrogen-bond acceptors (Lipinski definition) is 2. The van der Waals surface area contributed by atoms with Gasteiger partial charge in [0.05, 0.1) is 17.6 Å². The quantitative estimate of drug-likeness (QED) is 0.794. The van der Waals surface area contributed by atoms with Gasteiger partial charge < -0.3 is 5.73 Å². The van der Waals surface area contributed by atoms with Crippen LogP contribution in [-0.2, 0) is 7.05 Å². The number of nitrogen functional groups attached to an aromatic ring is 1. The molecule has 0 atom stereocenters. The Bertz CT molecular complexity index is 519. The second kappa shape index (κ2) is 3.67. The highest BCUT2D eigenvalue weighted by Gasteiger charge is 2.11. The molecular formula is C13H17N3. The standard InChI is InChI=1S/C13H17N3/c1-8-5-10(3)11(6-9(8)2)13-12(14)7-15-16(13)4/h5-7H,14H2,1-4H3. The fraction of sp³-hybridized carbons (Fsp3) is 0.308. The van der Waals surface area contributed by atoms with Crippen molar-refractivity contribution in [3.05, 3.63) is 35.0 Å². The molecule has 0 aliphatic rings. The number of aromatic nitrogens is 2. The van der Waals surface area contributed by atoms with Crippen LogP contribution in [0.2, 0.25) is 0 Å². The van der Waals surface area contributed by atoms with E-state index in [4.69, 9.17) is 5.73 Å². The van der Waals surface area contributed by atoms with Gasteiger partial charge in [0, 0.05) is 12.6 Å². The molecule has 3 nitrogen and oxygen atoms in total. The molecule has 0 fully saturated rings. The molecule has 0 saturated carbocycles. The summed E-state index contributed by atoms with van der Waals surface area (Å²) in [5.74, 6) is 0. The van der Waals surface area contributed by atoms with E-state index >= 15 is 0 Å². The van der Waals surface area contributed by atoms with Crippen molar-refractivity contribution < 1.29 is 0 Å². The minimum absolute atomic E-state index is 0.730. The van der Waals surface area contributed by atoms with Crippen molar-refractivity contribution in [2.24, 2.45) is 7.05 Å². The molecule has 2 N–H and O–H groups in total. The molecule has 2 aromatic rings. The summed E-state index contributed by atoms with van der Waals surface area (Å²) in [6.45, 7) is 6.34. The molecule has 0 spiro atoms. The van der Waals surface area contributed by atoms with Crippen molar-refractivity contribution in [2.75, 3.05) is 5.73 Å². The smallest absolute Gasteiger partial charge is 0.0911 e. The van der Waals surface area contributed by atoms with E-state index in [1.54, 1.807) is 6.20 Å². The summed E-state index contributed by atoms with van der Waals surface area (Å²) >= 11 is 0. The van der Waals surface area contributed by atoms with E-state index in [1.807, 2.05) is 11.7 Å². The zero-order chi connectivity index (χ0) is 11.9. The topological polar surface area (TPSA) is 43.8 Å². The number of rotatable bonds is 1. The van der Waals surface area contributed by atoms with Gasteiger partial charge in [-0.1, -0.05) is 6.07 Å². The van der Waals surface area contributed by atoms with Gasteiger partial charge in [0.1, 0.15) is 0 Å². The van der Waals surface area contributed by atoms with E-state index in [2.05, 4.69) is 38.0 Å². The minimum atomic E-state index is 0.730. The summed E-state index contributed by atoms with van der Waals surface area (Å²) in [4.78, 5) is 0. The van der Waals surface area contributed by atoms with Crippen molar-refractivity contribution in [1.82, 2.24) is 9.78 Å². The van der Waals surface area contributed by atoms with Crippen molar-refractivity contribution >= 4 is 5.69 Å². The highest BCUT2D eigenvalue weighted by Crippen LogP contribution is 2.29. The van der Waals surface area contributed by atoms with Crippen LogP contribution in [0.3, 0.4) is 0 Å². The van der Waals surface area contributed by atoms with E-state index in [-0.39, 0.29) is 0 Å². The molecule has 84 valence electrons. The molecule has 0 radical (unpaired) electrons. The number of nitrogens with two attached hydrogens (primary N) is 1. The Labute approximate surface area is 95.9 Å². The second-order valence-electron chi connectivity index (χ2n) is 4.32. The van der Waals surface area contributed by atoms with Gasteiger partial charge in [-0.25, -0.2) is 0 Å². The molecular weight excluding hydrogens is 198 g/mol. The summed E-state index contributed by atoms with van der Waals surface area (Å²) in [5, 5.41) is 4.18. The molecule has 0 amide bonds. The predicted octanol–water partition coefficient (Wildman–Crippen LogP) is 2.59. The van der Waals surface area contributed by atoms with Crippen LogP contribution in [0.15, 0.2) is 18.3 Å². The van der Waals surface area contributed by atoms with E-state index in [9.17, 15) is 0 Å². The lowest BCUT2D eigenvalue weighted by atomic mass is 9.98. The lowest BCUT2D eigenvalue weighted by Crippen LogP contribution is -1.98. The predicted molar refractivity (Wildman–Crippen MR) is 67.3 cm³/mol. The highest BCUT2D eigenvalue weighted by atomic mass is 15.3. The molecule has 1 aromatic carbocycles. The SMILES string of the molecule is Cc1cc(C)c(-c2c(N)cnn2C)cc1C. The maximum atomic E-state index is 5.95. The molecule has 3 heteroatoms. The first-order valence-corrected chi connectivity index (χ1v) is 5.36. The number of anilines is 1. The van der Waals surface area contributed by atoms with E-state index in [0.717, 1.165) is 11.4 Å². The van der Waals surface area contributed by atoms with Crippen molar-refractivity contribution in [3.63, 3.8) is 0 Å². The lowest BCUT2D eigenvalue weighted by Gasteiger charge is -2.11. The number of aryl methyl sites for hydroxylation is 4. The fourth-order valence-electron chi connectivity index (χ4n) is 2.00. The van der Waals surface area contributed by atoms with Gasteiger partial charge in [0.2, 0.25) is 0 Å². The summed E-state index contributed by atoms with van der Waals surface area (Å²) < 4.78 is 1.83. The summed E-state index contributed by atoms with van der Waals surface area (Å²) in [6.07, 6.45) is 1.70. The van der Waals surface area contributed by atoms with Crippen LogP contribution in [0.25, 0.3) is 11.3 Å². The Morgan fingerprint density at radius 3 is 2.25 bits per heavy atom. The van der Waals surface area contributed by atoms with Gasteiger partial charge >= 0.3 is 0 Å². The summed E-state index contributed by atoms with van der Waals surface area (Å²) in [5.41, 5.74) is 12.7. The van der Waals surface area contributed by atoms with Crippen LogP contribution < -0.4 is 5.73 Å². The summed E-state index contributed by atoms with van der Waals surface area (Å²) in [6, 6.07) is 4.37. The van der Waals surface area contributed by atoms with Crippen LogP contribution in [0.5, 0.6) is 0 Å². The van der Waals surface area contributed by atoms with Crippen LogP contribution in [0.1, 0.15) is 16.7 Å². The van der Waals surface area contributed by atoms with E-state index < -0.39 is 0 Å². The third kappa shape index (κ3) is 1.58. The Hall–Kier alpha value is -1.77. The summed E-state index contributed by atoms with van der Waals surface area (Å²) in [7, 11) is 1.92. The Morgan fingerprint density at radius 2 is 1.69 bits per heavy atom. The first-order chi connectivity index (χ1) is 7.50. The molecule has 2 rings (SSSR count). The van der Waals surface area contributed by atoms with Gasteiger partial charge in [-0.15, -0.1) is 0 Å². The van der Waals surface area contributed by atoms with E-state index in [1.165, 1.54) is 22.3 Å². The van der Waals surface area contributed by atoms with Gasteiger partial charge in [-0.05, 0) is 43.5 Å². The van der Waals surface area contributed by atoms with Crippen LogP contribution >= 0.6 is 0 Å². The molecule has 0 aliphatic heterocycles. The first kappa shape index (κ1) is 10.7.